The van der Waals surface area contributed by atoms with Gasteiger partial charge in [0.15, 0.2) is 11.5 Å². The molecule has 3 aliphatic heterocycles. The van der Waals surface area contributed by atoms with Crippen molar-refractivity contribution in [2.24, 2.45) is 5.92 Å². The minimum atomic E-state index is -0.793. The van der Waals surface area contributed by atoms with Crippen LogP contribution in [0.25, 0.3) is 0 Å². The second-order valence-corrected chi connectivity index (χ2v) is 13.3. The van der Waals surface area contributed by atoms with Gasteiger partial charge >= 0.3 is 4.87 Å². The number of ether oxygens (including phenoxy) is 1. The zero-order chi connectivity index (χ0) is 28.8. The number of halogens is 1. The third-order valence-corrected chi connectivity index (χ3v) is 10.9. The van der Waals surface area contributed by atoms with E-state index in [1.807, 2.05) is 0 Å². The highest BCUT2D eigenvalue weighted by atomic mass is 79.9. The molecule has 0 radical (unpaired) electrons. The number of anilines is 1. The second-order valence-electron chi connectivity index (χ2n) is 10.3. The molecule has 41 heavy (non-hydrogen) atoms. The van der Waals surface area contributed by atoms with E-state index in [1.54, 1.807) is 48.2 Å². The fourth-order valence-electron chi connectivity index (χ4n) is 5.83. The highest BCUT2D eigenvalue weighted by Gasteiger charge is 2.57. The maximum atomic E-state index is 14.0. The first-order valence-electron chi connectivity index (χ1n) is 13.6. The molecular formula is C29H28BrN3O6S2. The largest absolute Gasteiger partial charge is 0.504 e. The van der Waals surface area contributed by atoms with E-state index in [0.717, 1.165) is 35.1 Å². The number of carbonyl (C=O) groups is 3. The number of thiazole rings is 1. The molecular weight excluding hydrogens is 630 g/mol. The van der Waals surface area contributed by atoms with Gasteiger partial charge in [0.25, 0.3) is 0 Å². The van der Waals surface area contributed by atoms with Gasteiger partial charge in [-0.05, 0) is 68.1 Å². The van der Waals surface area contributed by atoms with E-state index < -0.39 is 17.1 Å². The molecule has 2 unspecified atom stereocenters. The monoisotopic (exact) mass is 657 g/mol. The van der Waals surface area contributed by atoms with Crippen molar-refractivity contribution in [1.82, 2.24) is 9.47 Å². The van der Waals surface area contributed by atoms with Gasteiger partial charge in [0.05, 0.1) is 23.2 Å². The van der Waals surface area contributed by atoms with Gasteiger partial charge in [-0.2, -0.15) is 0 Å². The number of likely N-dealkylation sites (tertiary alicyclic amines) is 1. The lowest BCUT2D eigenvalue weighted by molar-refractivity contribution is -0.133. The summed E-state index contributed by atoms with van der Waals surface area (Å²) >= 11 is 5.60. The molecule has 2 saturated heterocycles. The SMILES string of the molecule is CCOc1cc([C@@H]2c3sc(=O)n(CC(=O)N4CCCCC4)c3SC3C(=O)N(c4ccc(Br)cc4)C(=O)C32)ccc1O. The number of amides is 3. The van der Waals surface area contributed by atoms with Gasteiger partial charge in [-0.3, -0.25) is 23.7 Å². The lowest BCUT2D eigenvalue weighted by Gasteiger charge is -2.31. The minimum absolute atomic E-state index is 0.0410. The van der Waals surface area contributed by atoms with Crippen LogP contribution in [0.4, 0.5) is 5.69 Å². The smallest absolute Gasteiger partial charge is 0.308 e. The molecule has 9 nitrogen and oxygen atoms in total. The van der Waals surface area contributed by atoms with Crippen LogP contribution in [-0.4, -0.2) is 57.2 Å². The number of aromatic hydroxyl groups is 1. The van der Waals surface area contributed by atoms with Crippen LogP contribution in [-0.2, 0) is 20.9 Å². The van der Waals surface area contributed by atoms with Crippen LogP contribution in [0.5, 0.6) is 11.5 Å². The van der Waals surface area contributed by atoms with Crippen LogP contribution in [0.3, 0.4) is 0 Å². The van der Waals surface area contributed by atoms with Crippen LogP contribution in [0, 0.1) is 5.92 Å². The first-order chi connectivity index (χ1) is 19.8. The van der Waals surface area contributed by atoms with Gasteiger partial charge in [-0.25, -0.2) is 4.90 Å². The van der Waals surface area contributed by atoms with Crippen molar-refractivity contribution in [3.05, 3.63) is 67.0 Å². The third-order valence-electron chi connectivity index (χ3n) is 7.78. The standard InChI is InChI=1S/C29H28BrN3O6S2/c1-2-39-20-14-16(6-11-19(20)34)22-23-24(27(37)33(26(23)36)18-9-7-17(30)8-10-18)40-28-25(22)41-29(38)32(28)15-21(35)31-12-4-3-5-13-31/h6-11,14,22-24,34H,2-5,12-13,15H2,1H3/t22-,23?,24?/m0/s1. The summed E-state index contributed by atoms with van der Waals surface area (Å²) in [5.74, 6) is -2.05. The van der Waals surface area contributed by atoms with Gasteiger partial charge < -0.3 is 14.7 Å². The Balaban J connectivity index is 1.45. The Morgan fingerprint density at radius 2 is 1.78 bits per heavy atom. The number of imide groups is 1. The predicted octanol–water partition coefficient (Wildman–Crippen LogP) is 4.58. The number of thioether (sulfide) groups is 1. The summed E-state index contributed by atoms with van der Waals surface area (Å²) in [6.07, 6.45) is 2.96. The Hall–Kier alpha value is -3.09. The van der Waals surface area contributed by atoms with E-state index in [-0.39, 0.29) is 40.6 Å². The summed E-state index contributed by atoms with van der Waals surface area (Å²) in [6, 6.07) is 11.9. The zero-order valence-electron chi connectivity index (χ0n) is 22.2. The molecule has 3 atom stereocenters. The lowest BCUT2D eigenvalue weighted by Crippen LogP contribution is -2.39. The number of nitrogens with zero attached hydrogens (tertiary/aromatic N) is 3. The number of hydrogen-bond donors (Lipinski definition) is 1. The Morgan fingerprint density at radius 1 is 1.05 bits per heavy atom. The third kappa shape index (κ3) is 4.99. The number of carbonyl (C=O) groups excluding carboxylic acids is 3. The molecule has 214 valence electrons. The summed E-state index contributed by atoms with van der Waals surface area (Å²) < 4.78 is 7.92. The van der Waals surface area contributed by atoms with Gasteiger partial charge in [0, 0.05) is 28.4 Å². The number of hydrogen-bond acceptors (Lipinski definition) is 8. The molecule has 12 heteroatoms. The van der Waals surface area contributed by atoms with E-state index in [4.69, 9.17) is 4.74 Å². The molecule has 0 bridgehead atoms. The van der Waals surface area contributed by atoms with Crippen LogP contribution in [0.15, 0.2) is 56.8 Å². The summed E-state index contributed by atoms with van der Waals surface area (Å²) in [6.45, 7) is 3.36. The number of fused-ring (bicyclic) bond motifs is 2. The van der Waals surface area contributed by atoms with Gasteiger partial charge in [-0.15, -0.1) is 0 Å². The summed E-state index contributed by atoms with van der Waals surface area (Å²) in [5, 5.41) is 10.1. The van der Waals surface area contributed by atoms with Crippen molar-refractivity contribution in [3.63, 3.8) is 0 Å². The Labute approximate surface area is 253 Å². The van der Waals surface area contributed by atoms with Crippen molar-refractivity contribution in [3.8, 4) is 11.5 Å². The predicted molar refractivity (Wildman–Crippen MR) is 160 cm³/mol. The van der Waals surface area contributed by atoms with Gasteiger partial charge in [-0.1, -0.05) is 45.1 Å². The number of phenols is 1. The zero-order valence-corrected chi connectivity index (χ0v) is 25.5. The van der Waals surface area contributed by atoms with Crippen LogP contribution < -0.4 is 14.5 Å². The number of piperidine rings is 1. The van der Waals surface area contributed by atoms with Gasteiger partial charge in [0.2, 0.25) is 17.7 Å². The fraction of sp³-hybridized carbons (Fsp3) is 0.379. The molecule has 2 aromatic carbocycles. The number of phenolic OH excluding ortho intramolecular Hbond substituents is 1. The molecule has 3 amide bonds. The van der Waals surface area contributed by atoms with Crippen LogP contribution in [0.1, 0.15) is 42.5 Å². The van der Waals surface area contributed by atoms with Crippen molar-refractivity contribution < 1.29 is 24.2 Å². The quantitative estimate of drug-likeness (QED) is 0.387. The number of benzene rings is 2. The molecule has 3 aliphatic rings. The molecule has 6 rings (SSSR count). The van der Waals surface area contributed by atoms with Crippen molar-refractivity contribution in [2.45, 2.75) is 48.9 Å². The highest BCUT2D eigenvalue weighted by Crippen LogP contribution is 2.54. The van der Waals surface area contributed by atoms with E-state index in [0.29, 0.717) is 40.9 Å². The second kappa shape index (κ2) is 11.3. The molecule has 1 aromatic heterocycles. The molecule has 0 spiro atoms. The Bertz CT molecular complexity index is 1580. The van der Waals surface area contributed by atoms with Crippen molar-refractivity contribution >= 4 is 62.4 Å². The highest BCUT2D eigenvalue weighted by molar-refractivity contribution is 9.10. The maximum absolute atomic E-state index is 14.0. The lowest BCUT2D eigenvalue weighted by atomic mass is 9.83. The molecule has 0 saturated carbocycles. The minimum Gasteiger partial charge on any atom is -0.504 e. The van der Waals surface area contributed by atoms with Crippen LogP contribution in [0.2, 0.25) is 0 Å². The van der Waals surface area contributed by atoms with E-state index in [2.05, 4.69) is 15.9 Å². The maximum Gasteiger partial charge on any atom is 0.308 e. The van der Waals surface area contributed by atoms with Gasteiger partial charge in [0.1, 0.15) is 11.8 Å². The topological polar surface area (TPSA) is 109 Å². The fourth-order valence-corrected chi connectivity index (χ4v) is 8.87. The molecule has 1 N–H and O–H groups in total. The first-order valence-corrected chi connectivity index (χ1v) is 16.0. The molecule has 4 heterocycles. The first kappa shape index (κ1) is 28.0. The van der Waals surface area contributed by atoms with E-state index in [9.17, 15) is 24.3 Å². The molecule has 0 aliphatic carbocycles. The van der Waals surface area contributed by atoms with E-state index >= 15 is 0 Å². The summed E-state index contributed by atoms with van der Waals surface area (Å²) in [7, 11) is 0. The average Bonchev–Trinajstić information content (AvgIpc) is 3.41. The Kier molecular flexibility index (Phi) is 7.73. The average molecular weight is 659 g/mol. The number of aromatic nitrogens is 1. The Morgan fingerprint density at radius 3 is 2.49 bits per heavy atom. The van der Waals surface area contributed by atoms with Crippen molar-refractivity contribution in [1.29, 1.82) is 0 Å². The summed E-state index contributed by atoms with van der Waals surface area (Å²) in [5.41, 5.74) is 1.12. The summed E-state index contributed by atoms with van der Waals surface area (Å²) in [4.78, 5) is 57.9. The van der Waals surface area contributed by atoms with Crippen LogP contribution >= 0.6 is 39.0 Å². The van der Waals surface area contributed by atoms with Crippen molar-refractivity contribution in [2.75, 3.05) is 24.6 Å². The normalized spacial score (nSPS) is 22.0. The number of rotatable bonds is 6. The van der Waals surface area contributed by atoms with E-state index in [1.165, 1.54) is 27.3 Å². The molecule has 2 fully saturated rings. The molecule has 3 aromatic rings.